The van der Waals surface area contributed by atoms with Gasteiger partial charge in [-0.1, -0.05) is 68.5 Å². The molecule has 35 heavy (non-hydrogen) atoms. The first-order valence-corrected chi connectivity index (χ1v) is 14.0. The average Bonchev–Trinajstić information content (AvgIpc) is 2.90. The highest BCUT2D eigenvalue weighted by molar-refractivity contribution is 6.30. The minimum Gasteiger partial charge on any atom is -0.425 e. The van der Waals surface area contributed by atoms with E-state index in [-0.39, 0.29) is 11.9 Å². The van der Waals surface area contributed by atoms with Gasteiger partial charge in [0.05, 0.1) is 11.5 Å². The molecule has 2 aromatic carbocycles. The minimum absolute atomic E-state index is 0.111. The number of halogens is 1. The van der Waals surface area contributed by atoms with Crippen LogP contribution in [0.25, 0.3) is 0 Å². The van der Waals surface area contributed by atoms with Gasteiger partial charge in [0, 0.05) is 5.02 Å². The van der Waals surface area contributed by atoms with Crippen LogP contribution in [-0.4, -0.2) is 5.97 Å². The Labute approximate surface area is 215 Å². The zero-order valence-electron chi connectivity index (χ0n) is 21.0. The third-order valence-electron chi connectivity index (χ3n) is 8.28. The molecule has 2 aliphatic rings. The maximum atomic E-state index is 12.7. The van der Waals surface area contributed by atoms with Gasteiger partial charge in [0.2, 0.25) is 0 Å². The highest BCUT2D eigenvalue weighted by atomic mass is 35.5. The monoisotopic (exact) mass is 491 g/mol. The van der Waals surface area contributed by atoms with E-state index < -0.39 is 0 Å². The summed E-state index contributed by atoms with van der Waals surface area (Å²) in [6, 6.07) is 16.2. The van der Waals surface area contributed by atoms with Crippen molar-refractivity contribution >= 4 is 17.6 Å². The van der Waals surface area contributed by atoms with Crippen molar-refractivity contribution in [1.29, 1.82) is 5.26 Å². The van der Waals surface area contributed by atoms with E-state index in [9.17, 15) is 10.1 Å². The summed E-state index contributed by atoms with van der Waals surface area (Å²) in [6.07, 6.45) is 14.6. The Morgan fingerprint density at radius 1 is 0.914 bits per heavy atom. The number of rotatable bonds is 8. The third-order valence-corrected chi connectivity index (χ3v) is 8.51. The van der Waals surface area contributed by atoms with E-state index in [1.165, 1.54) is 68.6 Å². The molecule has 0 spiro atoms. The SMILES string of the molecule is CCCCCC1CCC(c2ccc(C3CCC(C(=O)Oc4ccc(Cl)cc4C#N)CC3)cc2)CC1. The van der Waals surface area contributed by atoms with Crippen molar-refractivity contribution in [2.24, 2.45) is 11.8 Å². The molecular formula is C31H38ClNO2. The molecule has 3 nitrogen and oxygen atoms in total. The van der Waals surface area contributed by atoms with Crippen molar-refractivity contribution in [3.63, 3.8) is 0 Å². The number of carbonyl (C=O) groups is 1. The van der Waals surface area contributed by atoms with E-state index in [1.807, 2.05) is 0 Å². The van der Waals surface area contributed by atoms with Crippen LogP contribution >= 0.6 is 11.6 Å². The quantitative estimate of drug-likeness (QED) is 0.210. The van der Waals surface area contributed by atoms with Gasteiger partial charge in [0.25, 0.3) is 0 Å². The Morgan fingerprint density at radius 3 is 2.09 bits per heavy atom. The molecule has 4 rings (SSSR count). The van der Waals surface area contributed by atoms with Crippen LogP contribution < -0.4 is 4.74 Å². The molecule has 4 heteroatoms. The van der Waals surface area contributed by atoms with Crippen LogP contribution in [0.15, 0.2) is 42.5 Å². The molecular weight excluding hydrogens is 454 g/mol. The second kappa shape index (κ2) is 12.6. The molecule has 2 aromatic rings. The van der Waals surface area contributed by atoms with Crippen molar-refractivity contribution < 1.29 is 9.53 Å². The Kier molecular flexibility index (Phi) is 9.27. The lowest BCUT2D eigenvalue weighted by Crippen LogP contribution is -2.25. The highest BCUT2D eigenvalue weighted by Gasteiger charge is 2.29. The number of unbranched alkanes of at least 4 members (excludes halogenated alkanes) is 2. The Bertz CT molecular complexity index is 1010. The van der Waals surface area contributed by atoms with Crippen LogP contribution in [0.5, 0.6) is 5.75 Å². The standard InChI is InChI=1S/C31H38ClNO2/c1-2-3-4-5-22-6-8-23(9-7-22)24-10-12-25(13-11-24)26-14-16-27(17-15-26)31(34)35-30-19-18-29(32)20-28(30)21-33/h10-13,18-20,22-23,26-27H,2-9,14-17H2,1H3. The number of nitriles is 1. The molecule has 2 saturated carbocycles. The first-order valence-electron chi connectivity index (χ1n) is 13.6. The molecule has 0 saturated heterocycles. The summed E-state index contributed by atoms with van der Waals surface area (Å²) in [6.45, 7) is 2.29. The summed E-state index contributed by atoms with van der Waals surface area (Å²) >= 11 is 5.94. The number of ether oxygens (including phenoxy) is 1. The first-order chi connectivity index (χ1) is 17.1. The van der Waals surface area contributed by atoms with Gasteiger partial charge in [-0.3, -0.25) is 4.79 Å². The molecule has 0 atom stereocenters. The molecule has 2 aliphatic carbocycles. The molecule has 0 aliphatic heterocycles. The zero-order chi connectivity index (χ0) is 24.6. The van der Waals surface area contributed by atoms with E-state index in [0.717, 1.165) is 37.5 Å². The predicted octanol–water partition coefficient (Wildman–Crippen LogP) is 8.95. The average molecular weight is 492 g/mol. The van der Waals surface area contributed by atoms with Crippen LogP contribution in [0.4, 0.5) is 0 Å². The minimum atomic E-state index is -0.233. The fraction of sp³-hybridized carbons (Fsp3) is 0.548. The first kappa shape index (κ1) is 25.8. The maximum absolute atomic E-state index is 12.7. The smallest absolute Gasteiger partial charge is 0.314 e. The van der Waals surface area contributed by atoms with E-state index in [1.54, 1.807) is 12.1 Å². The van der Waals surface area contributed by atoms with Gasteiger partial charge in [-0.15, -0.1) is 0 Å². The van der Waals surface area contributed by atoms with E-state index in [2.05, 4.69) is 37.3 Å². The maximum Gasteiger partial charge on any atom is 0.314 e. The fourth-order valence-corrected chi connectivity index (χ4v) is 6.21. The van der Waals surface area contributed by atoms with Crippen LogP contribution in [0.1, 0.15) is 112 Å². The van der Waals surface area contributed by atoms with Crippen LogP contribution in [0.2, 0.25) is 5.02 Å². The molecule has 0 N–H and O–H groups in total. The molecule has 0 aromatic heterocycles. The summed E-state index contributed by atoms with van der Waals surface area (Å²) in [4.78, 5) is 12.7. The largest absolute Gasteiger partial charge is 0.425 e. The van der Waals surface area contributed by atoms with Gasteiger partial charge in [0.15, 0.2) is 0 Å². The highest BCUT2D eigenvalue weighted by Crippen LogP contribution is 2.40. The second-order valence-corrected chi connectivity index (χ2v) is 11.0. The fourth-order valence-electron chi connectivity index (χ4n) is 6.04. The Hall–Kier alpha value is -2.31. The molecule has 2 fully saturated rings. The lowest BCUT2D eigenvalue weighted by molar-refractivity contribution is -0.140. The number of hydrogen-bond donors (Lipinski definition) is 0. The van der Waals surface area contributed by atoms with Crippen LogP contribution in [0.3, 0.4) is 0 Å². The van der Waals surface area contributed by atoms with E-state index in [0.29, 0.717) is 22.3 Å². The lowest BCUT2D eigenvalue weighted by atomic mass is 9.76. The molecule has 0 bridgehead atoms. The van der Waals surface area contributed by atoms with E-state index >= 15 is 0 Å². The Balaban J connectivity index is 1.25. The molecule has 186 valence electrons. The van der Waals surface area contributed by atoms with Crippen molar-refractivity contribution in [2.45, 2.75) is 95.8 Å². The zero-order valence-corrected chi connectivity index (χ0v) is 21.7. The summed E-state index contributed by atoms with van der Waals surface area (Å²) in [5.74, 6) is 2.14. The topological polar surface area (TPSA) is 50.1 Å². The Morgan fingerprint density at radius 2 is 1.51 bits per heavy atom. The molecule has 0 radical (unpaired) electrons. The van der Waals surface area contributed by atoms with Gasteiger partial charge in [0.1, 0.15) is 11.8 Å². The molecule has 0 heterocycles. The van der Waals surface area contributed by atoms with Gasteiger partial charge in [-0.05, 0) is 98.4 Å². The van der Waals surface area contributed by atoms with Crippen molar-refractivity contribution in [1.82, 2.24) is 0 Å². The summed E-state index contributed by atoms with van der Waals surface area (Å²) < 4.78 is 5.57. The normalized spacial score (nSPS) is 24.5. The lowest BCUT2D eigenvalue weighted by Gasteiger charge is -2.30. The number of nitrogens with zero attached hydrogens (tertiary/aromatic N) is 1. The predicted molar refractivity (Wildman–Crippen MR) is 142 cm³/mol. The number of benzene rings is 2. The second-order valence-electron chi connectivity index (χ2n) is 10.6. The number of carbonyl (C=O) groups excluding carboxylic acids is 1. The number of esters is 1. The summed E-state index contributed by atoms with van der Waals surface area (Å²) in [7, 11) is 0. The van der Waals surface area contributed by atoms with E-state index in [4.69, 9.17) is 16.3 Å². The van der Waals surface area contributed by atoms with Gasteiger partial charge in [-0.2, -0.15) is 5.26 Å². The molecule has 0 unspecified atom stereocenters. The summed E-state index contributed by atoms with van der Waals surface area (Å²) in [5.41, 5.74) is 3.21. The molecule has 0 amide bonds. The number of hydrogen-bond acceptors (Lipinski definition) is 3. The van der Waals surface area contributed by atoms with Crippen molar-refractivity contribution in [2.75, 3.05) is 0 Å². The van der Waals surface area contributed by atoms with Gasteiger partial charge >= 0.3 is 5.97 Å². The van der Waals surface area contributed by atoms with Crippen LogP contribution in [-0.2, 0) is 4.79 Å². The third kappa shape index (κ3) is 6.89. The summed E-state index contributed by atoms with van der Waals surface area (Å²) in [5, 5.41) is 9.74. The van der Waals surface area contributed by atoms with Crippen molar-refractivity contribution in [3.8, 4) is 11.8 Å². The van der Waals surface area contributed by atoms with Crippen molar-refractivity contribution in [3.05, 3.63) is 64.2 Å². The van der Waals surface area contributed by atoms with Gasteiger partial charge < -0.3 is 4.74 Å². The van der Waals surface area contributed by atoms with Crippen LogP contribution in [0, 0.1) is 23.2 Å². The van der Waals surface area contributed by atoms with Gasteiger partial charge in [-0.25, -0.2) is 0 Å².